The number of nitrogens with zero attached hydrogens (tertiary/aromatic N) is 1. The Morgan fingerprint density at radius 3 is 2.63 bits per heavy atom. The molecule has 1 aromatic heterocycles. The number of anilines is 2. The second-order valence-corrected chi connectivity index (χ2v) is 5.01. The summed E-state index contributed by atoms with van der Waals surface area (Å²) in [5.74, 6) is 0.365. The number of halogens is 1. The minimum atomic E-state index is -0.166. The van der Waals surface area contributed by atoms with Crippen LogP contribution in [0.4, 0.5) is 11.5 Å². The summed E-state index contributed by atoms with van der Waals surface area (Å²) in [7, 11) is 1.85. The van der Waals surface area contributed by atoms with Crippen LogP contribution in [0.2, 0.25) is 0 Å². The van der Waals surface area contributed by atoms with Gasteiger partial charge in [0.2, 0.25) is 0 Å². The fourth-order valence-corrected chi connectivity index (χ4v) is 1.96. The van der Waals surface area contributed by atoms with Gasteiger partial charge in [-0.3, -0.25) is 4.79 Å². The second-order valence-electron chi connectivity index (χ2n) is 4.10. The quantitative estimate of drug-likeness (QED) is 0.911. The van der Waals surface area contributed by atoms with Crippen molar-refractivity contribution in [3.8, 4) is 0 Å². The van der Waals surface area contributed by atoms with Crippen molar-refractivity contribution in [1.29, 1.82) is 0 Å². The first-order valence-corrected chi connectivity index (χ1v) is 6.61. The molecule has 1 aromatic carbocycles. The lowest BCUT2D eigenvalue weighted by Gasteiger charge is -2.08. The van der Waals surface area contributed by atoms with Crippen molar-refractivity contribution >= 4 is 33.3 Å². The molecule has 0 unspecified atom stereocenters. The zero-order valence-electron chi connectivity index (χ0n) is 10.7. The van der Waals surface area contributed by atoms with Crippen molar-refractivity contribution < 1.29 is 4.79 Å². The van der Waals surface area contributed by atoms with E-state index in [0.717, 1.165) is 15.7 Å². The van der Waals surface area contributed by atoms with Crippen molar-refractivity contribution in [2.24, 2.45) is 0 Å². The third kappa shape index (κ3) is 3.32. The SMILES string of the molecule is CNc1ccc(C(=O)Nc2ccc(Br)cn2)cc1C. The van der Waals surface area contributed by atoms with Crippen LogP contribution in [0.25, 0.3) is 0 Å². The lowest BCUT2D eigenvalue weighted by atomic mass is 10.1. The standard InChI is InChI=1S/C14H14BrN3O/c1-9-7-10(3-5-12(9)16-2)14(19)18-13-6-4-11(15)8-17-13/h3-8,16H,1-2H3,(H,17,18,19). The highest BCUT2D eigenvalue weighted by Gasteiger charge is 2.08. The molecule has 0 aliphatic rings. The number of hydrogen-bond donors (Lipinski definition) is 2. The number of rotatable bonds is 3. The number of aromatic nitrogens is 1. The topological polar surface area (TPSA) is 54.0 Å². The van der Waals surface area contributed by atoms with Crippen molar-refractivity contribution in [3.63, 3.8) is 0 Å². The molecule has 0 bridgehead atoms. The molecule has 0 spiro atoms. The first-order valence-electron chi connectivity index (χ1n) is 5.81. The van der Waals surface area contributed by atoms with Gasteiger partial charge in [-0.1, -0.05) is 0 Å². The summed E-state index contributed by atoms with van der Waals surface area (Å²) < 4.78 is 0.875. The molecule has 0 saturated carbocycles. The number of amides is 1. The highest BCUT2D eigenvalue weighted by Crippen LogP contribution is 2.17. The number of aryl methyl sites for hydroxylation is 1. The summed E-state index contributed by atoms with van der Waals surface area (Å²) in [6, 6.07) is 9.10. The third-order valence-corrected chi connectivity index (χ3v) is 3.20. The van der Waals surface area contributed by atoms with E-state index < -0.39 is 0 Å². The Balaban J connectivity index is 2.16. The predicted molar refractivity (Wildman–Crippen MR) is 80.6 cm³/mol. The van der Waals surface area contributed by atoms with Crippen LogP contribution in [-0.4, -0.2) is 17.9 Å². The average molecular weight is 320 g/mol. The molecular weight excluding hydrogens is 306 g/mol. The number of carbonyl (C=O) groups is 1. The predicted octanol–water partition coefficient (Wildman–Crippen LogP) is 3.45. The van der Waals surface area contributed by atoms with Crippen LogP contribution >= 0.6 is 15.9 Å². The molecule has 0 aliphatic heterocycles. The number of hydrogen-bond acceptors (Lipinski definition) is 3. The molecule has 1 heterocycles. The van der Waals surface area contributed by atoms with Crippen LogP contribution in [0.1, 0.15) is 15.9 Å². The van der Waals surface area contributed by atoms with Crippen LogP contribution in [0.3, 0.4) is 0 Å². The second kappa shape index (κ2) is 5.84. The molecular formula is C14H14BrN3O. The molecule has 19 heavy (non-hydrogen) atoms. The smallest absolute Gasteiger partial charge is 0.256 e. The summed E-state index contributed by atoms with van der Waals surface area (Å²) in [6.45, 7) is 1.96. The molecule has 0 aliphatic carbocycles. The summed E-state index contributed by atoms with van der Waals surface area (Å²) in [6.07, 6.45) is 1.64. The van der Waals surface area contributed by atoms with Gasteiger partial charge >= 0.3 is 0 Å². The van der Waals surface area contributed by atoms with Gasteiger partial charge in [0, 0.05) is 29.0 Å². The first-order chi connectivity index (χ1) is 9.10. The maximum absolute atomic E-state index is 12.1. The van der Waals surface area contributed by atoms with Crippen LogP contribution in [0, 0.1) is 6.92 Å². The zero-order chi connectivity index (χ0) is 13.8. The van der Waals surface area contributed by atoms with Gasteiger partial charge in [0.05, 0.1) is 0 Å². The maximum atomic E-state index is 12.1. The van der Waals surface area contributed by atoms with Crippen molar-refractivity contribution in [2.45, 2.75) is 6.92 Å². The Labute approximate surface area is 120 Å². The van der Waals surface area contributed by atoms with Crippen molar-refractivity contribution in [1.82, 2.24) is 4.98 Å². The normalized spacial score (nSPS) is 10.1. The Hall–Kier alpha value is -1.88. The molecule has 1 amide bonds. The maximum Gasteiger partial charge on any atom is 0.256 e. The number of benzene rings is 1. The van der Waals surface area contributed by atoms with Gasteiger partial charge in [-0.05, 0) is 58.7 Å². The van der Waals surface area contributed by atoms with E-state index in [1.807, 2.05) is 32.2 Å². The van der Waals surface area contributed by atoms with E-state index in [0.29, 0.717) is 11.4 Å². The number of carbonyl (C=O) groups excluding carboxylic acids is 1. The summed E-state index contributed by atoms with van der Waals surface area (Å²) in [5.41, 5.74) is 2.65. The summed E-state index contributed by atoms with van der Waals surface area (Å²) in [4.78, 5) is 16.2. The first kappa shape index (κ1) is 13.5. The molecule has 4 nitrogen and oxygen atoms in total. The van der Waals surface area contributed by atoms with Crippen molar-refractivity contribution in [3.05, 3.63) is 52.1 Å². The van der Waals surface area contributed by atoms with Crippen LogP contribution in [0.5, 0.6) is 0 Å². The monoisotopic (exact) mass is 319 g/mol. The van der Waals surface area contributed by atoms with Gasteiger partial charge in [0.1, 0.15) is 5.82 Å². The van der Waals surface area contributed by atoms with E-state index in [4.69, 9.17) is 0 Å². The van der Waals surface area contributed by atoms with E-state index in [9.17, 15) is 4.79 Å². The molecule has 0 atom stereocenters. The Kier molecular flexibility index (Phi) is 4.16. The lowest BCUT2D eigenvalue weighted by Crippen LogP contribution is -2.13. The van der Waals surface area contributed by atoms with Gasteiger partial charge in [-0.2, -0.15) is 0 Å². The third-order valence-electron chi connectivity index (χ3n) is 2.73. The van der Waals surface area contributed by atoms with Crippen LogP contribution in [-0.2, 0) is 0 Å². The average Bonchev–Trinajstić information content (AvgIpc) is 2.41. The molecule has 5 heteroatoms. The van der Waals surface area contributed by atoms with Gasteiger partial charge < -0.3 is 10.6 Å². The Bertz CT molecular complexity index is 596. The van der Waals surface area contributed by atoms with E-state index in [1.54, 1.807) is 18.3 Å². The van der Waals surface area contributed by atoms with Crippen molar-refractivity contribution in [2.75, 3.05) is 17.7 Å². The van der Waals surface area contributed by atoms with Crippen LogP contribution < -0.4 is 10.6 Å². The largest absolute Gasteiger partial charge is 0.388 e. The van der Waals surface area contributed by atoms with E-state index in [2.05, 4.69) is 31.5 Å². The van der Waals surface area contributed by atoms with Gasteiger partial charge in [0.25, 0.3) is 5.91 Å². The Morgan fingerprint density at radius 2 is 2.05 bits per heavy atom. The minimum Gasteiger partial charge on any atom is -0.388 e. The van der Waals surface area contributed by atoms with E-state index in [1.165, 1.54) is 0 Å². The molecule has 0 radical (unpaired) electrons. The lowest BCUT2D eigenvalue weighted by molar-refractivity contribution is 0.102. The molecule has 2 aromatic rings. The zero-order valence-corrected chi connectivity index (χ0v) is 12.3. The fourth-order valence-electron chi connectivity index (χ4n) is 1.72. The Morgan fingerprint density at radius 1 is 1.26 bits per heavy atom. The highest BCUT2D eigenvalue weighted by molar-refractivity contribution is 9.10. The van der Waals surface area contributed by atoms with E-state index in [-0.39, 0.29) is 5.91 Å². The fraction of sp³-hybridized carbons (Fsp3) is 0.143. The summed E-state index contributed by atoms with van der Waals surface area (Å²) in [5, 5.41) is 5.83. The number of pyridine rings is 1. The summed E-state index contributed by atoms with van der Waals surface area (Å²) >= 11 is 3.30. The van der Waals surface area contributed by atoms with Crippen LogP contribution in [0.15, 0.2) is 41.0 Å². The van der Waals surface area contributed by atoms with E-state index >= 15 is 0 Å². The highest BCUT2D eigenvalue weighted by atomic mass is 79.9. The molecule has 0 saturated heterocycles. The molecule has 0 fully saturated rings. The minimum absolute atomic E-state index is 0.166. The molecule has 2 N–H and O–H groups in total. The van der Waals surface area contributed by atoms with Gasteiger partial charge in [-0.15, -0.1) is 0 Å². The molecule has 98 valence electrons. The van der Waals surface area contributed by atoms with Gasteiger partial charge in [-0.25, -0.2) is 4.98 Å². The number of nitrogens with one attached hydrogen (secondary N) is 2. The molecule has 2 rings (SSSR count). The van der Waals surface area contributed by atoms with Gasteiger partial charge in [0.15, 0.2) is 0 Å².